The Labute approximate surface area is 123 Å². The molecule has 0 bridgehead atoms. The molecule has 0 N–H and O–H groups in total. The number of ketones is 1. The van der Waals surface area contributed by atoms with Crippen molar-refractivity contribution in [1.82, 2.24) is 0 Å². The summed E-state index contributed by atoms with van der Waals surface area (Å²) in [6.07, 6.45) is 2.99. The van der Waals surface area contributed by atoms with Gasteiger partial charge in [-0.05, 0) is 67.2 Å². The maximum Gasteiger partial charge on any atom is 0.137 e. The minimum absolute atomic E-state index is 0.0558. The van der Waals surface area contributed by atoms with Crippen molar-refractivity contribution in [3.63, 3.8) is 0 Å². The molecule has 1 aliphatic carbocycles. The van der Waals surface area contributed by atoms with Gasteiger partial charge in [0, 0.05) is 12.3 Å². The number of benzene rings is 1. The van der Waals surface area contributed by atoms with E-state index in [1.807, 2.05) is 0 Å². The van der Waals surface area contributed by atoms with Crippen LogP contribution in [-0.4, -0.2) is 5.78 Å². The molecular formula is C19H28O. The Hall–Kier alpha value is -1.11. The molecule has 1 nitrogen and oxygen atoms in total. The molecule has 2 atom stereocenters. The van der Waals surface area contributed by atoms with Crippen LogP contribution in [0.5, 0.6) is 0 Å². The summed E-state index contributed by atoms with van der Waals surface area (Å²) in [6.45, 7) is 13.2. The molecule has 1 heteroatoms. The van der Waals surface area contributed by atoms with Crippen LogP contribution in [0.25, 0.3) is 0 Å². The summed E-state index contributed by atoms with van der Waals surface area (Å²) in [4.78, 5) is 12.5. The lowest BCUT2D eigenvalue weighted by molar-refractivity contribution is -0.128. The lowest BCUT2D eigenvalue weighted by Gasteiger charge is -2.39. The second-order valence-corrected chi connectivity index (χ2v) is 7.38. The average Bonchev–Trinajstić information content (AvgIpc) is 2.33. The molecule has 0 spiro atoms. The van der Waals surface area contributed by atoms with Gasteiger partial charge in [-0.3, -0.25) is 4.79 Å². The van der Waals surface area contributed by atoms with Crippen LogP contribution in [0.1, 0.15) is 62.3 Å². The molecule has 1 fully saturated rings. The molecule has 2 unspecified atom stereocenters. The Morgan fingerprint density at radius 3 is 2.20 bits per heavy atom. The van der Waals surface area contributed by atoms with Crippen LogP contribution in [0.4, 0.5) is 0 Å². The van der Waals surface area contributed by atoms with Gasteiger partial charge in [-0.15, -0.1) is 0 Å². The monoisotopic (exact) mass is 272 g/mol. The van der Waals surface area contributed by atoms with E-state index in [4.69, 9.17) is 0 Å². The Morgan fingerprint density at radius 2 is 1.60 bits per heavy atom. The molecular weight excluding hydrogens is 244 g/mol. The lowest BCUT2D eigenvalue weighted by Crippen LogP contribution is -2.39. The van der Waals surface area contributed by atoms with Crippen LogP contribution >= 0.6 is 0 Å². The second kappa shape index (κ2) is 5.35. The molecule has 1 aliphatic rings. The summed E-state index contributed by atoms with van der Waals surface area (Å²) in [7, 11) is 0. The van der Waals surface area contributed by atoms with Gasteiger partial charge in [-0.25, -0.2) is 0 Å². The highest BCUT2D eigenvalue weighted by molar-refractivity contribution is 5.83. The Morgan fingerprint density at radius 1 is 1.00 bits per heavy atom. The first-order valence-corrected chi connectivity index (χ1v) is 7.84. The SMILES string of the molecule is Cc1cc(C)c(C(C)(C)C2CCC(C)CC2=O)cc1C. The van der Waals surface area contributed by atoms with E-state index in [0.717, 1.165) is 12.8 Å². The molecule has 0 saturated heterocycles. The molecule has 0 aliphatic heterocycles. The van der Waals surface area contributed by atoms with Crippen molar-refractivity contribution in [2.45, 2.75) is 66.2 Å². The molecule has 110 valence electrons. The zero-order valence-electron chi connectivity index (χ0n) is 13.8. The van der Waals surface area contributed by atoms with Gasteiger partial charge in [-0.1, -0.05) is 32.9 Å². The van der Waals surface area contributed by atoms with Crippen molar-refractivity contribution in [2.24, 2.45) is 11.8 Å². The van der Waals surface area contributed by atoms with E-state index in [0.29, 0.717) is 11.7 Å². The van der Waals surface area contributed by atoms with Crippen molar-refractivity contribution in [3.05, 3.63) is 34.4 Å². The first kappa shape index (κ1) is 15.3. The highest BCUT2D eigenvalue weighted by atomic mass is 16.1. The fourth-order valence-electron chi connectivity index (χ4n) is 3.81. The van der Waals surface area contributed by atoms with E-state index in [-0.39, 0.29) is 11.3 Å². The Kier molecular flexibility index (Phi) is 4.09. The molecule has 0 aromatic heterocycles. The van der Waals surface area contributed by atoms with Gasteiger partial charge >= 0.3 is 0 Å². The van der Waals surface area contributed by atoms with E-state index in [2.05, 4.69) is 53.7 Å². The maximum absolute atomic E-state index is 12.5. The number of aryl methyl sites for hydroxylation is 3. The fourth-order valence-corrected chi connectivity index (χ4v) is 3.81. The second-order valence-electron chi connectivity index (χ2n) is 7.38. The van der Waals surface area contributed by atoms with Crippen LogP contribution in [0.15, 0.2) is 12.1 Å². The Balaban J connectivity index is 2.39. The van der Waals surface area contributed by atoms with E-state index in [1.54, 1.807) is 0 Å². The zero-order chi connectivity index (χ0) is 15.1. The third-order valence-corrected chi connectivity index (χ3v) is 5.29. The maximum atomic E-state index is 12.5. The standard InChI is InChI=1S/C19H28O/c1-12-7-8-16(18(20)9-12)19(5,6)17-11-14(3)13(2)10-15(17)4/h10-12,16H,7-9H2,1-6H3. The number of hydrogen-bond donors (Lipinski definition) is 0. The smallest absolute Gasteiger partial charge is 0.137 e. The van der Waals surface area contributed by atoms with Gasteiger partial charge in [0.25, 0.3) is 0 Å². The van der Waals surface area contributed by atoms with Crippen molar-refractivity contribution in [1.29, 1.82) is 0 Å². The van der Waals surface area contributed by atoms with Crippen molar-refractivity contribution in [3.8, 4) is 0 Å². The van der Waals surface area contributed by atoms with Gasteiger partial charge in [0.15, 0.2) is 0 Å². The van der Waals surface area contributed by atoms with Crippen LogP contribution in [0, 0.1) is 32.6 Å². The van der Waals surface area contributed by atoms with Gasteiger partial charge in [0.05, 0.1) is 0 Å². The van der Waals surface area contributed by atoms with Gasteiger partial charge in [0.1, 0.15) is 5.78 Å². The third-order valence-electron chi connectivity index (χ3n) is 5.29. The minimum Gasteiger partial charge on any atom is -0.299 e. The van der Waals surface area contributed by atoms with E-state index < -0.39 is 0 Å². The van der Waals surface area contributed by atoms with Crippen LogP contribution in [0.3, 0.4) is 0 Å². The summed E-state index contributed by atoms with van der Waals surface area (Å²) in [6, 6.07) is 4.57. The number of hydrogen-bond acceptors (Lipinski definition) is 1. The van der Waals surface area contributed by atoms with Gasteiger partial charge in [0.2, 0.25) is 0 Å². The summed E-state index contributed by atoms with van der Waals surface area (Å²) in [5.74, 6) is 1.21. The van der Waals surface area contributed by atoms with Crippen molar-refractivity contribution >= 4 is 5.78 Å². The van der Waals surface area contributed by atoms with Crippen LogP contribution in [0.2, 0.25) is 0 Å². The van der Waals surface area contributed by atoms with Crippen LogP contribution in [-0.2, 0) is 10.2 Å². The summed E-state index contributed by atoms with van der Waals surface area (Å²) in [5.41, 5.74) is 5.29. The summed E-state index contributed by atoms with van der Waals surface area (Å²) < 4.78 is 0. The molecule has 20 heavy (non-hydrogen) atoms. The van der Waals surface area contributed by atoms with Crippen molar-refractivity contribution < 1.29 is 4.79 Å². The lowest BCUT2D eigenvalue weighted by atomic mass is 9.64. The Bertz CT molecular complexity index is 525. The number of carbonyl (C=O) groups is 1. The van der Waals surface area contributed by atoms with Crippen molar-refractivity contribution in [2.75, 3.05) is 0 Å². The normalized spacial score (nSPS) is 24.0. The zero-order valence-corrected chi connectivity index (χ0v) is 13.8. The summed E-state index contributed by atoms with van der Waals surface area (Å²) in [5, 5.41) is 0. The highest BCUT2D eigenvalue weighted by Crippen LogP contribution is 2.41. The third kappa shape index (κ3) is 2.68. The minimum atomic E-state index is -0.0558. The summed E-state index contributed by atoms with van der Waals surface area (Å²) >= 11 is 0. The van der Waals surface area contributed by atoms with E-state index in [9.17, 15) is 4.79 Å². The first-order chi connectivity index (χ1) is 9.23. The predicted octanol–water partition coefficient (Wildman–Crippen LogP) is 4.89. The first-order valence-electron chi connectivity index (χ1n) is 7.84. The molecule has 1 aromatic carbocycles. The number of Topliss-reactive ketones (excluding diaryl/α,β-unsaturated/α-hetero) is 1. The quantitative estimate of drug-likeness (QED) is 0.748. The van der Waals surface area contributed by atoms with E-state index in [1.165, 1.54) is 28.7 Å². The highest BCUT2D eigenvalue weighted by Gasteiger charge is 2.39. The fraction of sp³-hybridized carbons (Fsp3) is 0.632. The average molecular weight is 272 g/mol. The molecule has 0 amide bonds. The molecule has 0 heterocycles. The number of carbonyl (C=O) groups excluding carboxylic acids is 1. The predicted molar refractivity (Wildman–Crippen MR) is 85.2 cm³/mol. The topological polar surface area (TPSA) is 17.1 Å². The molecule has 2 rings (SSSR count). The molecule has 1 saturated carbocycles. The molecule has 1 aromatic rings. The van der Waals surface area contributed by atoms with E-state index >= 15 is 0 Å². The van der Waals surface area contributed by atoms with Gasteiger partial charge in [-0.2, -0.15) is 0 Å². The number of rotatable bonds is 2. The van der Waals surface area contributed by atoms with Crippen LogP contribution < -0.4 is 0 Å². The molecule has 0 radical (unpaired) electrons. The van der Waals surface area contributed by atoms with Gasteiger partial charge < -0.3 is 0 Å². The largest absolute Gasteiger partial charge is 0.299 e.